The van der Waals surface area contributed by atoms with Gasteiger partial charge in [0.1, 0.15) is 24.7 Å². The first-order chi connectivity index (χ1) is 13.4. The minimum absolute atomic E-state index is 0.207. The fraction of sp³-hybridized carbons (Fsp3) is 0.318. The monoisotopic (exact) mass is 383 g/mol. The van der Waals surface area contributed by atoms with Crippen LogP contribution in [-0.4, -0.2) is 33.3 Å². The van der Waals surface area contributed by atoms with Crippen LogP contribution < -0.4 is 24.3 Å². The van der Waals surface area contributed by atoms with E-state index in [2.05, 4.69) is 5.32 Å². The number of rotatable bonds is 6. The SMILES string of the molecule is COc1cc(/C=C/C(=O)NC(C)(C)c2ccc3c(c2)OCCO3)cc(OC)c1. The van der Waals surface area contributed by atoms with Gasteiger partial charge in [0.25, 0.3) is 0 Å². The molecule has 6 heteroatoms. The Labute approximate surface area is 165 Å². The van der Waals surface area contributed by atoms with Crippen LogP contribution in [0.5, 0.6) is 23.0 Å². The van der Waals surface area contributed by atoms with Gasteiger partial charge in [0.2, 0.25) is 5.91 Å². The van der Waals surface area contributed by atoms with Gasteiger partial charge < -0.3 is 24.3 Å². The van der Waals surface area contributed by atoms with E-state index < -0.39 is 5.54 Å². The summed E-state index contributed by atoms with van der Waals surface area (Å²) in [5, 5.41) is 3.02. The fourth-order valence-electron chi connectivity index (χ4n) is 2.95. The van der Waals surface area contributed by atoms with Gasteiger partial charge in [-0.25, -0.2) is 0 Å². The van der Waals surface area contributed by atoms with Crippen LogP contribution in [0.2, 0.25) is 0 Å². The van der Waals surface area contributed by atoms with Crippen molar-refractivity contribution >= 4 is 12.0 Å². The standard InChI is InChI=1S/C22H25NO5/c1-22(2,16-6-7-19-20(13-16)28-10-9-27-19)23-21(24)8-5-15-11-17(25-3)14-18(12-15)26-4/h5-8,11-14H,9-10H2,1-4H3,(H,23,24)/b8-5+. The third-order valence-electron chi connectivity index (χ3n) is 4.50. The Hall–Kier alpha value is -3.15. The van der Waals surface area contributed by atoms with E-state index in [4.69, 9.17) is 18.9 Å². The molecular formula is C22H25NO5. The third kappa shape index (κ3) is 4.57. The van der Waals surface area contributed by atoms with E-state index in [-0.39, 0.29) is 5.91 Å². The molecule has 1 aliphatic rings. The van der Waals surface area contributed by atoms with Gasteiger partial charge in [0.05, 0.1) is 19.8 Å². The molecule has 0 fully saturated rings. The van der Waals surface area contributed by atoms with Crippen molar-refractivity contribution < 1.29 is 23.7 Å². The maximum atomic E-state index is 12.5. The summed E-state index contributed by atoms with van der Waals surface area (Å²) in [5.41, 5.74) is 1.16. The van der Waals surface area contributed by atoms with Crippen molar-refractivity contribution in [1.82, 2.24) is 5.32 Å². The largest absolute Gasteiger partial charge is 0.497 e. The second-order valence-corrected chi connectivity index (χ2v) is 6.95. The van der Waals surface area contributed by atoms with Crippen molar-refractivity contribution in [2.24, 2.45) is 0 Å². The second-order valence-electron chi connectivity index (χ2n) is 6.95. The summed E-state index contributed by atoms with van der Waals surface area (Å²) in [6.07, 6.45) is 3.22. The van der Waals surface area contributed by atoms with Gasteiger partial charge in [-0.1, -0.05) is 6.07 Å². The van der Waals surface area contributed by atoms with Crippen molar-refractivity contribution in [1.29, 1.82) is 0 Å². The lowest BCUT2D eigenvalue weighted by Gasteiger charge is -2.28. The molecule has 0 saturated carbocycles. The van der Waals surface area contributed by atoms with Gasteiger partial charge in [0, 0.05) is 12.1 Å². The molecule has 148 valence electrons. The molecule has 3 rings (SSSR count). The van der Waals surface area contributed by atoms with E-state index >= 15 is 0 Å². The number of nitrogens with one attached hydrogen (secondary N) is 1. The van der Waals surface area contributed by atoms with E-state index in [9.17, 15) is 4.79 Å². The minimum Gasteiger partial charge on any atom is -0.497 e. The highest BCUT2D eigenvalue weighted by Gasteiger charge is 2.24. The Morgan fingerprint density at radius 1 is 1.00 bits per heavy atom. The lowest BCUT2D eigenvalue weighted by molar-refractivity contribution is -0.118. The number of carbonyl (C=O) groups is 1. The van der Waals surface area contributed by atoms with Crippen LogP contribution in [0.15, 0.2) is 42.5 Å². The van der Waals surface area contributed by atoms with Crippen molar-refractivity contribution in [3.05, 3.63) is 53.6 Å². The number of ether oxygens (including phenoxy) is 4. The molecule has 6 nitrogen and oxygen atoms in total. The minimum atomic E-state index is -0.580. The number of amides is 1. The van der Waals surface area contributed by atoms with Crippen LogP contribution >= 0.6 is 0 Å². The maximum Gasteiger partial charge on any atom is 0.244 e. The van der Waals surface area contributed by atoms with Gasteiger partial charge in [-0.05, 0) is 55.3 Å². The number of hydrogen-bond acceptors (Lipinski definition) is 5. The van der Waals surface area contributed by atoms with E-state index in [1.165, 1.54) is 6.08 Å². The van der Waals surface area contributed by atoms with Gasteiger partial charge in [-0.2, -0.15) is 0 Å². The predicted octanol–water partition coefficient (Wildman–Crippen LogP) is 3.54. The smallest absolute Gasteiger partial charge is 0.244 e. The van der Waals surface area contributed by atoms with Gasteiger partial charge in [-0.3, -0.25) is 4.79 Å². The lowest BCUT2D eigenvalue weighted by Crippen LogP contribution is -2.40. The molecule has 1 heterocycles. The van der Waals surface area contributed by atoms with Gasteiger partial charge in [-0.15, -0.1) is 0 Å². The van der Waals surface area contributed by atoms with Crippen LogP contribution in [0.3, 0.4) is 0 Å². The Bertz CT molecular complexity index is 866. The number of methoxy groups -OCH3 is 2. The lowest BCUT2D eigenvalue weighted by atomic mass is 9.93. The summed E-state index contributed by atoms with van der Waals surface area (Å²) < 4.78 is 21.7. The molecular weight excluding hydrogens is 358 g/mol. The van der Waals surface area contributed by atoms with Crippen molar-refractivity contribution in [3.8, 4) is 23.0 Å². The van der Waals surface area contributed by atoms with E-state index in [1.54, 1.807) is 26.4 Å². The normalized spacial score (nSPS) is 13.3. The molecule has 0 unspecified atom stereocenters. The zero-order chi connectivity index (χ0) is 20.1. The molecule has 0 spiro atoms. The summed E-state index contributed by atoms with van der Waals surface area (Å²) in [6.45, 7) is 4.96. The highest BCUT2D eigenvalue weighted by molar-refractivity contribution is 5.92. The molecule has 28 heavy (non-hydrogen) atoms. The Kier molecular flexibility index (Phi) is 5.78. The van der Waals surface area contributed by atoms with E-state index in [0.717, 1.165) is 16.9 Å². The first-order valence-electron chi connectivity index (χ1n) is 9.05. The second kappa shape index (κ2) is 8.25. The molecule has 0 aromatic heterocycles. The van der Waals surface area contributed by atoms with Crippen molar-refractivity contribution in [3.63, 3.8) is 0 Å². The van der Waals surface area contributed by atoms with Crippen LogP contribution in [0.25, 0.3) is 6.08 Å². The van der Waals surface area contributed by atoms with Crippen molar-refractivity contribution in [2.75, 3.05) is 27.4 Å². The number of hydrogen-bond donors (Lipinski definition) is 1. The Morgan fingerprint density at radius 3 is 2.29 bits per heavy atom. The van der Waals surface area contributed by atoms with Crippen LogP contribution in [-0.2, 0) is 10.3 Å². The zero-order valence-corrected chi connectivity index (χ0v) is 16.6. The van der Waals surface area contributed by atoms with E-state index in [1.807, 2.05) is 44.2 Å². The summed E-state index contributed by atoms with van der Waals surface area (Å²) in [4.78, 5) is 12.5. The highest BCUT2D eigenvalue weighted by Crippen LogP contribution is 2.34. The molecule has 0 saturated heterocycles. The predicted molar refractivity (Wildman–Crippen MR) is 107 cm³/mol. The number of benzene rings is 2. The Balaban J connectivity index is 1.72. The van der Waals surface area contributed by atoms with Gasteiger partial charge >= 0.3 is 0 Å². The molecule has 0 atom stereocenters. The quantitative estimate of drug-likeness (QED) is 0.773. The highest BCUT2D eigenvalue weighted by atomic mass is 16.6. The number of carbonyl (C=O) groups excluding carboxylic acids is 1. The summed E-state index contributed by atoms with van der Waals surface area (Å²) in [5.74, 6) is 2.54. The van der Waals surface area contributed by atoms with Crippen LogP contribution in [0, 0.1) is 0 Å². The zero-order valence-electron chi connectivity index (χ0n) is 16.6. The first kappa shape index (κ1) is 19.6. The average molecular weight is 383 g/mol. The summed E-state index contributed by atoms with van der Waals surface area (Å²) >= 11 is 0. The number of fused-ring (bicyclic) bond motifs is 1. The molecule has 1 aliphatic heterocycles. The van der Waals surface area contributed by atoms with E-state index in [0.29, 0.717) is 30.5 Å². The molecule has 1 amide bonds. The first-order valence-corrected chi connectivity index (χ1v) is 9.05. The van der Waals surface area contributed by atoms with Gasteiger partial charge in [0.15, 0.2) is 11.5 Å². The molecule has 1 N–H and O–H groups in total. The molecule has 0 radical (unpaired) electrons. The summed E-state index contributed by atoms with van der Waals surface area (Å²) in [6, 6.07) is 11.2. The Morgan fingerprint density at radius 2 is 1.64 bits per heavy atom. The average Bonchev–Trinajstić information content (AvgIpc) is 2.71. The van der Waals surface area contributed by atoms with Crippen LogP contribution in [0.1, 0.15) is 25.0 Å². The maximum absolute atomic E-state index is 12.5. The molecule has 2 aromatic rings. The topological polar surface area (TPSA) is 66.0 Å². The fourth-order valence-corrected chi connectivity index (χ4v) is 2.95. The molecule has 2 aromatic carbocycles. The van der Waals surface area contributed by atoms with Crippen LogP contribution in [0.4, 0.5) is 0 Å². The van der Waals surface area contributed by atoms with Crippen molar-refractivity contribution in [2.45, 2.75) is 19.4 Å². The molecule has 0 bridgehead atoms. The third-order valence-corrected chi connectivity index (χ3v) is 4.50. The molecule has 0 aliphatic carbocycles. The summed E-state index contributed by atoms with van der Waals surface area (Å²) in [7, 11) is 3.18.